The van der Waals surface area contributed by atoms with E-state index in [-0.39, 0.29) is 23.7 Å². The number of hydrogen-bond donors (Lipinski definition) is 1. The zero-order valence-electron chi connectivity index (χ0n) is 16.6. The lowest BCUT2D eigenvalue weighted by molar-refractivity contribution is -0.385. The fourth-order valence-electron chi connectivity index (χ4n) is 3.06. The number of aromatic nitrogens is 1. The summed E-state index contributed by atoms with van der Waals surface area (Å²) in [5, 5.41) is 12.1. The number of Topliss-reactive ketones (excluding diaryl/α,β-unsaturated/α-hetero) is 1. The third-order valence-electron chi connectivity index (χ3n) is 4.51. The number of fused-ring (bicyclic) bond motifs is 1. The SMILES string of the molecule is CCOc1cc(C(=O)O[C@@H](C)C(=O)c2c[nH]c3ccccc23)c([N+](=O)[O-])cc1OC. The number of ether oxygens (including phenoxy) is 3. The summed E-state index contributed by atoms with van der Waals surface area (Å²) in [6.07, 6.45) is 0.384. The normalized spacial score (nSPS) is 11.7. The Hall–Kier alpha value is -3.88. The topological polar surface area (TPSA) is 121 Å². The zero-order chi connectivity index (χ0) is 21.8. The molecular formula is C21H20N2O7. The summed E-state index contributed by atoms with van der Waals surface area (Å²) >= 11 is 0. The maximum absolute atomic E-state index is 12.8. The molecule has 0 saturated heterocycles. The highest BCUT2D eigenvalue weighted by Gasteiger charge is 2.29. The monoisotopic (exact) mass is 412 g/mol. The molecule has 0 saturated carbocycles. The van der Waals surface area contributed by atoms with E-state index in [9.17, 15) is 19.7 Å². The standard InChI is InChI=1S/C21H20N2O7/c1-4-29-19-9-14(17(23(26)27)10-18(19)28-3)21(25)30-12(2)20(24)15-11-22-16-8-6-5-7-13(15)16/h5-12,22H,4H2,1-3H3/t12-/m0/s1. The van der Waals surface area contributed by atoms with E-state index in [4.69, 9.17) is 14.2 Å². The lowest BCUT2D eigenvalue weighted by atomic mass is 10.1. The van der Waals surface area contributed by atoms with Crippen molar-refractivity contribution in [1.82, 2.24) is 4.98 Å². The van der Waals surface area contributed by atoms with E-state index in [1.54, 1.807) is 25.3 Å². The molecule has 0 bridgehead atoms. The number of nitro groups is 1. The number of hydrogen-bond acceptors (Lipinski definition) is 7. The number of para-hydroxylation sites is 1. The molecule has 30 heavy (non-hydrogen) atoms. The molecule has 0 fully saturated rings. The minimum Gasteiger partial charge on any atom is -0.493 e. The fourth-order valence-corrected chi connectivity index (χ4v) is 3.06. The molecular weight excluding hydrogens is 392 g/mol. The van der Waals surface area contributed by atoms with Gasteiger partial charge in [0.2, 0.25) is 5.78 Å². The van der Waals surface area contributed by atoms with Gasteiger partial charge in [-0.2, -0.15) is 0 Å². The molecule has 2 aromatic carbocycles. The van der Waals surface area contributed by atoms with Gasteiger partial charge in [-0.3, -0.25) is 14.9 Å². The molecule has 3 aromatic rings. The molecule has 0 radical (unpaired) electrons. The summed E-state index contributed by atoms with van der Waals surface area (Å²) in [6, 6.07) is 9.49. The minimum atomic E-state index is -1.16. The molecule has 1 heterocycles. The number of esters is 1. The Kier molecular flexibility index (Phi) is 6.01. The number of nitrogens with one attached hydrogen (secondary N) is 1. The third kappa shape index (κ3) is 3.95. The number of ketones is 1. The van der Waals surface area contributed by atoms with Crippen molar-refractivity contribution in [1.29, 1.82) is 0 Å². The van der Waals surface area contributed by atoms with Crippen LogP contribution in [-0.4, -0.2) is 41.5 Å². The Bertz CT molecular complexity index is 1120. The first-order valence-corrected chi connectivity index (χ1v) is 9.17. The van der Waals surface area contributed by atoms with E-state index in [1.165, 1.54) is 20.1 Å². The van der Waals surface area contributed by atoms with Crippen molar-refractivity contribution in [2.24, 2.45) is 0 Å². The van der Waals surface area contributed by atoms with Crippen molar-refractivity contribution in [3.8, 4) is 11.5 Å². The summed E-state index contributed by atoms with van der Waals surface area (Å²) in [5.41, 5.74) is 0.298. The van der Waals surface area contributed by atoms with Crippen LogP contribution in [0.4, 0.5) is 5.69 Å². The first-order chi connectivity index (χ1) is 14.4. The van der Waals surface area contributed by atoms with Crippen molar-refractivity contribution >= 4 is 28.3 Å². The molecule has 3 rings (SSSR count). The van der Waals surface area contributed by atoms with Gasteiger partial charge >= 0.3 is 5.97 Å². The number of nitrogens with zero attached hydrogens (tertiary/aromatic N) is 1. The van der Waals surface area contributed by atoms with Crippen LogP contribution in [-0.2, 0) is 4.74 Å². The van der Waals surface area contributed by atoms with Gasteiger partial charge in [-0.15, -0.1) is 0 Å². The van der Waals surface area contributed by atoms with Crippen LogP contribution in [0.5, 0.6) is 11.5 Å². The van der Waals surface area contributed by atoms with Crippen LogP contribution < -0.4 is 9.47 Å². The van der Waals surface area contributed by atoms with Crippen LogP contribution in [0.2, 0.25) is 0 Å². The minimum absolute atomic E-state index is 0.114. The molecule has 1 aromatic heterocycles. The Morgan fingerprint density at radius 3 is 2.57 bits per heavy atom. The highest BCUT2D eigenvalue weighted by atomic mass is 16.6. The van der Waals surface area contributed by atoms with Gasteiger partial charge in [-0.05, 0) is 19.9 Å². The number of aromatic amines is 1. The second-order valence-corrected chi connectivity index (χ2v) is 6.37. The summed E-state index contributed by atoms with van der Waals surface area (Å²) in [5.74, 6) is -1.16. The number of H-pyrrole nitrogens is 1. The number of carbonyl (C=O) groups is 2. The second kappa shape index (κ2) is 8.64. The Morgan fingerprint density at radius 1 is 1.17 bits per heavy atom. The van der Waals surface area contributed by atoms with Gasteiger partial charge in [0.1, 0.15) is 5.56 Å². The van der Waals surface area contributed by atoms with E-state index in [0.717, 1.165) is 11.6 Å². The van der Waals surface area contributed by atoms with Gasteiger partial charge in [0.25, 0.3) is 5.69 Å². The molecule has 1 atom stereocenters. The molecule has 9 heteroatoms. The summed E-state index contributed by atoms with van der Waals surface area (Å²) in [6.45, 7) is 3.40. The summed E-state index contributed by atoms with van der Waals surface area (Å²) < 4.78 is 15.7. The Balaban J connectivity index is 1.89. The lowest BCUT2D eigenvalue weighted by Crippen LogP contribution is -2.24. The van der Waals surface area contributed by atoms with Crippen LogP contribution >= 0.6 is 0 Å². The number of methoxy groups -OCH3 is 1. The average molecular weight is 412 g/mol. The van der Waals surface area contributed by atoms with Gasteiger partial charge in [0.05, 0.1) is 24.7 Å². The largest absolute Gasteiger partial charge is 0.493 e. The smallest absolute Gasteiger partial charge is 0.346 e. The van der Waals surface area contributed by atoms with E-state index in [1.807, 2.05) is 12.1 Å². The van der Waals surface area contributed by atoms with Crippen LogP contribution in [0.1, 0.15) is 34.6 Å². The van der Waals surface area contributed by atoms with Crippen LogP contribution in [0.3, 0.4) is 0 Å². The maximum Gasteiger partial charge on any atom is 0.346 e. The predicted molar refractivity (Wildman–Crippen MR) is 108 cm³/mol. The van der Waals surface area contributed by atoms with Crippen LogP contribution in [0.15, 0.2) is 42.6 Å². The van der Waals surface area contributed by atoms with E-state index in [0.29, 0.717) is 10.9 Å². The molecule has 0 aliphatic heterocycles. The molecule has 9 nitrogen and oxygen atoms in total. The lowest BCUT2D eigenvalue weighted by Gasteiger charge is -2.14. The van der Waals surface area contributed by atoms with E-state index < -0.39 is 28.5 Å². The Morgan fingerprint density at radius 2 is 1.90 bits per heavy atom. The fraction of sp³-hybridized carbons (Fsp3) is 0.238. The van der Waals surface area contributed by atoms with E-state index >= 15 is 0 Å². The number of carbonyl (C=O) groups excluding carboxylic acids is 2. The van der Waals surface area contributed by atoms with Crippen molar-refractivity contribution < 1.29 is 28.7 Å². The molecule has 156 valence electrons. The quantitative estimate of drug-likeness (QED) is 0.258. The molecule has 0 unspecified atom stereocenters. The molecule has 0 aliphatic rings. The molecule has 1 N–H and O–H groups in total. The van der Waals surface area contributed by atoms with Crippen LogP contribution in [0, 0.1) is 10.1 Å². The number of nitro benzene ring substituents is 1. The first kappa shape index (κ1) is 20.8. The second-order valence-electron chi connectivity index (χ2n) is 6.37. The highest BCUT2D eigenvalue weighted by Crippen LogP contribution is 2.35. The molecule has 0 spiro atoms. The van der Waals surface area contributed by atoms with Gasteiger partial charge < -0.3 is 19.2 Å². The first-order valence-electron chi connectivity index (χ1n) is 9.17. The van der Waals surface area contributed by atoms with Gasteiger partial charge in [0.15, 0.2) is 17.6 Å². The van der Waals surface area contributed by atoms with Crippen molar-refractivity contribution in [3.05, 3.63) is 63.8 Å². The van der Waals surface area contributed by atoms with Crippen LogP contribution in [0.25, 0.3) is 10.9 Å². The van der Waals surface area contributed by atoms with Gasteiger partial charge in [-0.25, -0.2) is 4.79 Å². The van der Waals surface area contributed by atoms with E-state index in [2.05, 4.69) is 4.98 Å². The molecule has 0 amide bonds. The third-order valence-corrected chi connectivity index (χ3v) is 4.51. The maximum atomic E-state index is 12.8. The Labute approximate surface area is 171 Å². The molecule has 0 aliphatic carbocycles. The predicted octanol–water partition coefficient (Wildman–Crippen LogP) is 3.91. The zero-order valence-corrected chi connectivity index (χ0v) is 16.6. The number of rotatable bonds is 8. The average Bonchev–Trinajstić information content (AvgIpc) is 3.17. The van der Waals surface area contributed by atoms with Gasteiger partial charge in [-0.1, -0.05) is 18.2 Å². The van der Waals surface area contributed by atoms with Crippen molar-refractivity contribution in [2.45, 2.75) is 20.0 Å². The highest BCUT2D eigenvalue weighted by molar-refractivity contribution is 6.10. The van der Waals surface area contributed by atoms with Gasteiger partial charge in [0, 0.05) is 28.7 Å². The summed E-state index contributed by atoms with van der Waals surface area (Å²) in [7, 11) is 1.33. The number of benzene rings is 2. The summed E-state index contributed by atoms with van der Waals surface area (Å²) in [4.78, 5) is 39.2. The van der Waals surface area contributed by atoms with Crippen molar-refractivity contribution in [2.75, 3.05) is 13.7 Å². The van der Waals surface area contributed by atoms with Crippen molar-refractivity contribution in [3.63, 3.8) is 0 Å².